The summed E-state index contributed by atoms with van der Waals surface area (Å²) in [6, 6.07) is 10.2. The van der Waals surface area contributed by atoms with Crippen LogP contribution < -0.4 is 4.74 Å². The molecule has 0 fully saturated rings. The van der Waals surface area contributed by atoms with Gasteiger partial charge in [0, 0.05) is 12.8 Å². The number of hydrogen-bond donors (Lipinski definition) is 1. The zero-order valence-corrected chi connectivity index (χ0v) is 11.7. The zero-order chi connectivity index (χ0) is 15.2. The number of rotatable bonds is 5. The fraction of sp³-hybridized carbons (Fsp3) is 0.250. The average Bonchev–Trinajstić information content (AvgIpc) is 2.46. The predicted octanol–water partition coefficient (Wildman–Crippen LogP) is 2.79. The fourth-order valence-corrected chi connectivity index (χ4v) is 1.94. The Hall–Kier alpha value is -2.56. The molecule has 2 aromatic carbocycles. The van der Waals surface area contributed by atoms with Crippen molar-refractivity contribution in [3.8, 4) is 11.5 Å². The number of phenols is 1. The summed E-state index contributed by atoms with van der Waals surface area (Å²) in [6.45, 7) is 0. The van der Waals surface area contributed by atoms with Gasteiger partial charge in [0.15, 0.2) is 0 Å². The van der Waals surface area contributed by atoms with Gasteiger partial charge in [-0.25, -0.2) is 0 Å². The van der Waals surface area contributed by atoms with Crippen LogP contribution >= 0.6 is 0 Å². The molecule has 0 unspecified atom stereocenters. The molecule has 5 nitrogen and oxygen atoms in total. The van der Waals surface area contributed by atoms with Gasteiger partial charge in [0.25, 0.3) is 0 Å². The molecule has 0 atom stereocenters. The number of hydrogen-bond acceptors (Lipinski definition) is 5. The van der Waals surface area contributed by atoms with Gasteiger partial charge in [-0.2, -0.15) is 0 Å². The van der Waals surface area contributed by atoms with E-state index in [9.17, 15) is 14.7 Å². The first-order chi connectivity index (χ1) is 10.1. The van der Waals surface area contributed by atoms with E-state index in [-0.39, 0.29) is 24.6 Å². The molecule has 0 radical (unpaired) electrons. The third kappa shape index (κ3) is 4.21. The Balaban J connectivity index is 1.96. The molecule has 0 aliphatic heterocycles. The van der Waals surface area contributed by atoms with Gasteiger partial charge in [0.1, 0.15) is 11.5 Å². The minimum Gasteiger partial charge on any atom is -0.508 e. The monoisotopic (exact) mass is 288 g/mol. The molecule has 0 aliphatic carbocycles. The van der Waals surface area contributed by atoms with Crippen molar-refractivity contribution in [2.45, 2.75) is 19.3 Å². The number of ether oxygens (including phenoxy) is 2. The molecule has 2 aromatic rings. The van der Waals surface area contributed by atoms with Gasteiger partial charge >= 0.3 is 11.9 Å². The van der Waals surface area contributed by atoms with Crippen molar-refractivity contribution in [2.24, 2.45) is 0 Å². The van der Waals surface area contributed by atoms with Crippen molar-refractivity contribution in [3.05, 3.63) is 36.4 Å². The van der Waals surface area contributed by atoms with Gasteiger partial charge in [-0.05, 0) is 41.5 Å². The Kier molecular flexibility index (Phi) is 4.77. The van der Waals surface area contributed by atoms with Crippen LogP contribution in [0.5, 0.6) is 11.5 Å². The van der Waals surface area contributed by atoms with E-state index in [1.807, 2.05) is 6.07 Å². The molecule has 0 amide bonds. The second-order valence-corrected chi connectivity index (χ2v) is 4.60. The maximum absolute atomic E-state index is 11.7. The van der Waals surface area contributed by atoms with E-state index in [2.05, 4.69) is 4.74 Å². The van der Waals surface area contributed by atoms with Crippen LogP contribution in [-0.2, 0) is 14.3 Å². The summed E-state index contributed by atoms with van der Waals surface area (Å²) in [4.78, 5) is 22.6. The molecular formula is C16H16O5. The molecule has 0 bridgehead atoms. The molecule has 0 aliphatic rings. The average molecular weight is 288 g/mol. The Morgan fingerprint density at radius 2 is 1.71 bits per heavy atom. The molecule has 0 spiro atoms. The number of aromatic hydroxyl groups is 1. The smallest absolute Gasteiger partial charge is 0.311 e. The summed E-state index contributed by atoms with van der Waals surface area (Å²) < 4.78 is 9.70. The molecule has 0 heterocycles. The summed E-state index contributed by atoms with van der Waals surface area (Å²) in [6.07, 6.45) is 0.726. The fourth-order valence-electron chi connectivity index (χ4n) is 1.94. The lowest BCUT2D eigenvalue weighted by Crippen LogP contribution is -2.09. The van der Waals surface area contributed by atoms with Crippen LogP contribution in [0, 0.1) is 0 Å². The Labute approximate surface area is 122 Å². The van der Waals surface area contributed by atoms with Gasteiger partial charge in [-0.3, -0.25) is 9.59 Å². The SMILES string of the molecule is COC(=O)CCCC(=O)Oc1ccc2ccc(O)cc2c1. The Morgan fingerprint density at radius 3 is 2.48 bits per heavy atom. The number of benzene rings is 2. The highest BCUT2D eigenvalue weighted by Crippen LogP contribution is 2.24. The largest absolute Gasteiger partial charge is 0.508 e. The van der Waals surface area contributed by atoms with Crippen molar-refractivity contribution in [3.63, 3.8) is 0 Å². The van der Waals surface area contributed by atoms with Gasteiger partial charge in [0.05, 0.1) is 7.11 Å². The number of fused-ring (bicyclic) bond motifs is 1. The number of methoxy groups -OCH3 is 1. The van der Waals surface area contributed by atoms with E-state index in [4.69, 9.17) is 4.74 Å². The summed E-state index contributed by atoms with van der Waals surface area (Å²) in [5.74, 6) is -0.178. The van der Waals surface area contributed by atoms with Gasteiger partial charge in [0.2, 0.25) is 0 Å². The normalized spacial score (nSPS) is 10.3. The first-order valence-corrected chi connectivity index (χ1v) is 6.59. The van der Waals surface area contributed by atoms with Crippen molar-refractivity contribution in [2.75, 3.05) is 7.11 Å². The molecule has 5 heteroatoms. The van der Waals surface area contributed by atoms with Crippen molar-refractivity contribution in [1.82, 2.24) is 0 Å². The van der Waals surface area contributed by atoms with Crippen LogP contribution in [0.1, 0.15) is 19.3 Å². The summed E-state index contributed by atoms with van der Waals surface area (Å²) >= 11 is 0. The van der Waals surface area contributed by atoms with Crippen LogP contribution in [0.15, 0.2) is 36.4 Å². The van der Waals surface area contributed by atoms with E-state index < -0.39 is 5.97 Å². The molecule has 0 aromatic heterocycles. The maximum atomic E-state index is 11.7. The summed E-state index contributed by atoms with van der Waals surface area (Å²) in [5.41, 5.74) is 0. The minimum atomic E-state index is -0.404. The highest BCUT2D eigenvalue weighted by atomic mass is 16.5. The van der Waals surface area contributed by atoms with Crippen LogP contribution in [0.3, 0.4) is 0 Å². The van der Waals surface area contributed by atoms with Crippen LogP contribution in [-0.4, -0.2) is 24.2 Å². The molecule has 110 valence electrons. The lowest BCUT2D eigenvalue weighted by molar-refractivity contribution is -0.141. The third-order valence-electron chi connectivity index (χ3n) is 3.02. The highest BCUT2D eigenvalue weighted by Gasteiger charge is 2.08. The quantitative estimate of drug-likeness (QED) is 0.676. The molecular weight excluding hydrogens is 272 g/mol. The first-order valence-electron chi connectivity index (χ1n) is 6.59. The van der Waals surface area contributed by atoms with E-state index in [1.165, 1.54) is 7.11 Å². The predicted molar refractivity (Wildman–Crippen MR) is 77.1 cm³/mol. The summed E-state index contributed by atoms with van der Waals surface area (Å²) in [7, 11) is 1.31. The molecule has 2 rings (SSSR count). The lowest BCUT2D eigenvalue weighted by atomic mass is 10.1. The molecule has 1 N–H and O–H groups in total. The third-order valence-corrected chi connectivity index (χ3v) is 3.02. The lowest BCUT2D eigenvalue weighted by Gasteiger charge is -2.06. The van der Waals surface area contributed by atoms with Crippen LogP contribution in [0.4, 0.5) is 0 Å². The number of esters is 2. The second kappa shape index (κ2) is 6.74. The van der Waals surface area contributed by atoms with Crippen LogP contribution in [0.2, 0.25) is 0 Å². The standard InChI is InChI=1S/C16H16O5/c1-20-15(18)3-2-4-16(19)21-14-8-6-11-5-7-13(17)9-12(11)10-14/h5-10,17H,2-4H2,1H3. The van der Waals surface area contributed by atoms with Crippen molar-refractivity contribution < 1.29 is 24.2 Å². The van der Waals surface area contributed by atoms with E-state index in [0.29, 0.717) is 12.2 Å². The maximum Gasteiger partial charge on any atom is 0.311 e. The van der Waals surface area contributed by atoms with Gasteiger partial charge in [-0.15, -0.1) is 0 Å². The molecule has 0 saturated carbocycles. The van der Waals surface area contributed by atoms with Gasteiger partial charge in [-0.1, -0.05) is 12.1 Å². The van der Waals surface area contributed by atoms with Crippen molar-refractivity contribution in [1.29, 1.82) is 0 Å². The summed E-state index contributed by atoms with van der Waals surface area (Å²) in [5, 5.41) is 11.2. The number of phenolic OH excluding ortho intramolecular Hbond substituents is 1. The first kappa shape index (κ1) is 14.8. The van der Waals surface area contributed by atoms with E-state index >= 15 is 0 Å². The van der Waals surface area contributed by atoms with Crippen molar-refractivity contribution >= 4 is 22.7 Å². The number of carbonyl (C=O) groups excluding carboxylic acids is 2. The van der Waals surface area contributed by atoms with Gasteiger partial charge < -0.3 is 14.6 Å². The minimum absolute atomic E-state index is 0.146. The Morgan fingerprint density at radius 1 is 1.00 bits per heavy atom. The molecule has 21 heavy (non-hydrogen) atoms. The van der Waals surface area contributed by atoms with E-state index in [0.717, 1.165) is 10.8 Å². The van der Waals surface area contributed by atoms with E-state index in [1.54, 1.807) is 30.3 Å². The topological polar surface area (TPSA) is 72.8 Å². The van der Waals surface area contributed by atoms with Crippen LogP contribution in [0.25, 0.3) is 10.8 Å². The zero-order valence-electron chi connectivity index (χ0n) is 11.7. The Bertz CT molecular complexity index is 663. The number of carbonyl (C=O) groups is 2. The molecule has 0 saturated heterocycles. The second-order valence-electron chi connectivity index (χ2n) is 4.60. The highest BCUT2D eigenvalue weighted by molar-refractivity contribution is 5.86.